The van der Waals surface area contributed by atoms with Crippen LogP contribution in [0.25, 0.3) is 0 Å². The number of rotatable bonds is 6. The zero-order valence-corrected chi connectivity index (χ0v) is 16.2. The summed E-state index contributed by atoms with van der Waals surface area (Å²) in [7, 11) is 0. The van der Waals surface area contributed by atoms with Crippen molar-refractivity contribution in [2.45, 2.75) is 18.8 Å². The van der Waals surface area contributed by atoms with Crippen molar-refractivity contribution in [1.82, 2.24) is 15.1 Å². The van der Waals surface area contributed by atoms with E-state index in [1.165, 1.54) is 0 Å². The summed E-state index contributed by atoms with van der Waals surface area (Å²) in [6, 6.07) is 18.9. The summed E-state index contributed by atoms with van der Waals surface area (Å²) in [4.78, 5) is 14.5. The van der Waals surface area contributed by atoms with Gasteiger partial charge in [0, 0.05) is 41.7 Å². The number of carbonyl (C=O) groups is 1. The molecule has 1 saturated heterocycles. The maximum atomic E-state index is 12.6. The molecule has 144 valence electrons. The number of carbonyl (C=O) groups excluding carboxylic acids is 1. The first-order valence-electron chi connectivity index (χ1n) is 9.46. The van der Waals surface area contributed by atoms with E-state index in [4.69, 9.17) is 16.3 Å². The van der Waals surface area contributed by atoms with Crippen LogP contribution in [0.15, 0.2) is 60.7 Å². The Balaban J connectivity index is 1.30. The Kier molecular flexibility index (Phi) is 5.63. The minimum atomic E-state index is 0.0915. The third-order valence-corrected chi connectivity index (χ3v) is 5.24. The standard InChI is InChI=1S/C22H22ClN3O2/c23-18-7-4-8-20(13-18)28-12-10-19-14-21(25-24-19)17-9-11-26(15-17)22(27)16-5-2-1-3-6-16/h1-8,13-14,17H,9-12,15H2,(H,24,25). The summed E-state index contributed by atoms with van der Waals surface area (Å²) in [6.07, 6.45) is 1.67. The van der Waals surface area contributed by atoms with Crippen molar-refractivity contribution in [3.8, 4) is 5.75 Å². The molecule has 1 fully saturated rings. The van der Waals surface area contributed by atoms with Gasteiger partial charge in [-0.05, 0) is 42.8 Å². The molecular weight excluding hydrogens is 374 g/mol. The van der Waals surface area contributed by atoms with Crippen molar-refractivity contribution in [3.05, 3.63) is 82.6 Å². The Morgan fingerprint density at radius 2 is 2.04 bits per heavy atom. The highest BCUT2D eigenvalue weighted by Gasteiger charge is 2.29. The summed E-state index contributed by atoms with van der Waals surface area (Å²) in [5.74, 6) is 1.12. The first kappa shape index (κ1) is 18.6. The van der Waals surface area contributed by atoms with E-state index in [0.29, 0.717) is 18.2 Å². The Morgan fingerprint density at radius 1 is 1.18 bits per heavy atom. The molecule has 1 N–H and O–H groups in total. The van der Waals surface area contributed by atoms with Crippen LogP contribution in [0.4, 0.5) is 0 Å². The predicted octanol–water partition coefficient (Wildman–Crippen LogP) is 4.31. The maximum absolute atomic E-state index is 12.6. The largest absolute Gasteiger partial charge is 0.493 e. The van der Waals surface area contributed by atoms with Crippen LogP contribution in [0.2, 0.25) is 5.02 Å². The van der Waals surface area contributed by atoms with Crippen molar-refractivity contribution in [1.29, 1.82) is 0 Å². The quantitative estimate of drug-likeness (QED) is 0.676. The number of likely N-dealkylation sites (tertiary alicyclic amines) is 1. The molecule has 0 bridgehead atoms. The minimum Gasteiger partial charge on any atom is -0.493 e. The zero-order chi connectivity index (χ0) is 19.3. The van der Waals surface area contributed by atoms with Gasteiger partial charge in [0.1, 0.15) is 5.75 Å². The lowest BCUT2D eigenvalue weighted by molar-refractivity contribution is 0.0790. The lowest BCUT2D eigenvalue weighted by Crippen LogP contribution is -2.28. The molecule has 1 amide bonds. The molecular formula is C22H22ClN3O2. The minimum absolute atomic E-state index is 0.0915. The van der Waals surface area contributed by atoms with Gasteiger partial charge in [-0.15, -0.1) is 0 Å². The molecule has 5 nitrogen and oxygen atoms in total. The van der Waals surface area contributed by atoms with Crippen LogP contribution in [-0.4, -0.2) is 40.7 Å². The van der Waals surface area contributed by atoms with Gasteiger partial charge in [-0.25, -0.2) is 0 Å². The molecule has 0 aliphatic carbocycles. The maximum Gasteiger partial charge on any atom is 0.253 e. The van der Waals surface area contributed by atoms with Crippen molar-refractivity contribution >= 4 is 17.5 Å². The second-order valence-corrected chi connectivity index (χ2v) is 7.41. The van der Waals surface area contributed by atoms with E-state index >= 15 is 0 Å². The van der Waals surface area contributed by atoms with Crippen LogP contribution in [0.5, 0.6) is 5.75 Å². The molecule has 2 aromatic carbocycles. The lowest BCUT2D eigenvalue weighted by Gasteiger charge is -2.16. The first-order chi connectivity index (χ1) is 13.7. The van der Waals surface area contributed by atoms with Gasteiger partial charge < -0.3 is 9.64 Å². The van der Waals surface area contributed by atoms with Gasteiger partial charge in [-0.2, -0.15) is 5.10 Å². The fourth-order valence-electron chi connectivity index (χ4n) is 3.50. The summed E-state index contributed by atoms with van der Waals surface area (Å²) in [6.45, 7) is 2.01. The molecule has 3 aromatic rings. The highest BCUT2D eigenvalue weighted by Crippen LogP contribution is 2.27. The number of H-pyrrole nitrogens is 1. The molecule has 1 aromatic heterocycles. The number of ether oxygens (including phenoxy) is 1. The summed E-state index contributed by atoms with van der Waals surface area (Å²) in [5.41, 5.74) is 2.79. The summed E-state index contributed by atoms with van der Waals surface area (Å²) < 4.78 is 5.74. The Morgan fingerprint density at radius 3 is 2.86 bits per heavy atom. The van der Waals surface area contributed by atoms with E-state index < -0.39 is 0 Å². The fraction of sp³-hybridized carbons (Fsp3) is 0.273. The average Bonchev–Trinajstić information content (AvgIpc) is 3.38. The monoisotopic (exact) mass is 395 g/mol. The normalized spacial score (nSPS) is 16.3. The van der Waals surface area contributed by atoms with Crippen molar-refractivity contribution in [2.75, 3.05) is 19.7 Å². The molecule has 1 aliphatic heterocycles. The van der Waals surface area contributed by atoms with Gasteiger partial charge in [-0.1, -0.05) is 35.9 Å². The van der Waals surface area contributed by atoms with Crippen LogP contribution in [0, 0.1) is 0 Å². The van der Waals surface area contributed by atoms with Crippen molar-refractivity contribution in [2.24, 2.45) is 0 Å². The molecule has 28 heavy (non-hydrogen) atoms. The Labute approximate surface area is 169 Å². The van der Waals surface area contributed by atoms with Gasteiger partial charge in [-0.3, -0.25) is 9.89 Å². The van der Waals surface area contributed by atoms with E-state index in [1.807, 2.05) is 53.4 Å². The van der Waals surface area contributed by atoms with Crippen molar-refractivity contribution < 1.29 is 9.53 Å². The van der Waals surface area contributed by atoms with E-state index in [9.17, 15) is 4.79 Å². The van der Waals surface area contributed by atoms with Crippen LogP contribution in [0.1, 0.15) is 34.1 Å². The SMILES string of the molecule is O=C(c1ccccc1)N1CCC(c2cc(CCOc3cccc(Cl)c3)[nH]n2)C1. The smallest absolute Gasteiger partial charge is 0.253 e. The van der Waals surface area contributed by atoms with Crippen molar-refractivity contribution in [3.63, 3.8) is 0 Å². The molecule has 4 rings (SSSR count). The molecule has 1 unspecified atom stereocenters. The number of benzene rings is 2. The van der Waals surface area contributed by atoms with E-state index in [2.05, 4.69) is 16.3 Å². The first-order valence-corrected chi connectivity index (χ1v) is 9.84. The zero-order valence-electron chi connectivity index (χ0n) is 15.5. The van der Waals surface area contributed by atoms with Crippen LogP contribution in [-0.2, 0) is 6.42 Å². The molecule has 1 atom stereocenters. The van der Waals surface area contributed by atoms with E-state index in [0.717, 1.165) is 42.1 Å². The summed E-state index contributed by atoms with van der Waals surface area (Å²) in [5, 5.41) is 8.23. The van der Waals surface area contributed by atoms with Gasteiger partial charge in [0.15, 0.2) is 0 Å². The Hall–Kier alpha value is -2.79. The number of amides is 1. The lowest BCUT2D eigenvalue weighted by atomic mass is 10.0. The highest BCUT2D eigenvalue weighted by atomic mass is 35.5. The average molecular weight is 396 g/mol. The number of aromatic amines is 1. The van der Waals surface area contributed by atoms with Gasteiger partial charge in [0.25, 0.3) is 5.91 Å². The van der Waals surface area contributed by atoms with E-state index in [1.54, 1.807) is 6.07 Å². The molecule has 1 aliphatic rings. The molecule has 0 saturated carbocycles. The number of hydrogen-bond donors (Lipinski definition) is 1. The third-order valence-electron chi connectivity index (χ3n) is 5.00. The van der Waals surface area contributed by atoms with Gasteiger partial charge in [0.05, 0.1) is 12.3 Å². The third kappa shape index (κ3) is 4.37. The molecule has 0 radical (unpaired) electrons. The number of hydrogen-bond acceptors (Lipinski definition) is 3. The second-order valence-electron chi connectivity index (χ2n) is 6.98. The summed E-state index contributed by atoms with van der Waals surface area (Å²) >= 11 is 5.97. The highest BCUT2D eigenvalue weighted by molar-refractivity contribution is 6.30. The number of nitrogens with zero attached hydrogens (tertiary/aromatic N) is 2. The molecule has 0 spiro atoms. The van der Waals surface area contributed by atoms with Crippen LogP contribution < -0.4 is 4.74 Å². The second kappa shape index (κ2) is 8.48. The topological polar surface area (TPSA) is 58.2 Å². The number of aromatic nitrogens is 2. The van der Waals surface area contributed by atoms with Gasteiger partial charge in [0.2, 0.25) is 0 Å². The van der Waals surface area contributed by atoms with Crippen LogP contribution >= 0.6 is 11.6 Å². The van der Waals surface area contributed by atoms with Gasteiger partial charge >= 0.3 is 0 Å². The molecule has 6 heteroatoms. The number of nitrogens with one attached hydrogen (secondary N) is 1. The number of halogens is 1. The molecule has 2 heterocycles. The van der Waals surface area contributed by atoms with Crippen LogP contribution in [0.3, 0.4) is 0 Å². The predicted molar refractivity (Wildman–Crippen MR) is 109 cm³/mol. The van der Waals surface area contributed by atoms with E-state index in [-0.39, 0.29) is 11.8 Å². The fourth-order valence-corrected chi connectivity index (χ4v) is 3.68. The Bertz CT molecular complexity index is 942.